The number of hydrogen-bond donors (Lipinski definition) is 2. The standard InChI is InChI=1S/C21H27N3O6S2/c1-15-6-9-17(10-7-15)23-32(28,29)20-13-16(8-11-19(20)30-2)21(25)22-18-5-4-12-24(14-18)31(3,26)27/h6-11,13,18,23H,4-5,12,14H2,1-3H3,(H,22,25). The molecule has 11 heteroatoms. The van der Waals surface area contributed by atoms with Gasteiger partial charge in [0.15, 0.2) is 0 Å². The summed E-state index contributed by atoms with van der Waals surface area (Å²) in [6.07, 6.45) is 2.40. The Balaban J connectivity index is 1.82. The Morgan fingerprint density at radius 2 is 1.78 bits per heavy atom. The van der Waals surface area contributed by atoms with Gasteiger partial charge in [0, 0.05) is 30.4 Å². The van der Waals surface area contributed by atoms with Gasteiger partial charge in [-0.15, -0.1) is 0 Å². The molecule has 174 valence electrons. The average molecular weight is 482 g/mol. The number of aryl methyl sites for hydroxylation is 1. The quantitative estimate of drug-likeness (QED) is 0.623. The number of nitrogens with one attached hydrogen (secondary N) is 2. The highest BCUT2D eigenvalue weighted by Crippen LogP contribution is 2.27. The zero-order valence-corrected chi connectivity index (χ0v) is 19.8. The summed E-state index contributed by atoms with van der Waals surface area (Å²) in [4.78, 5) is 12.6. The molecule has 9 nitrogen and oxygen atoms in total. The van der Waals surface area contributed by atoms with Crippen LogP contribution in [-0.4, -0.2) is 59.5 Å². The van der Waals surface area contributed by atoms with Crippen LogP contribution < -0.4 is 14.8 Å². The maximum atomic E-state index is 13.0. The van der Waals surface area contributed by atoms with Crippen molar-refractivity contribution in [2.24, 2.45) is 0 Å². The van der Waals surface area contributed by atoms with E-state index in [2.05, 4.69) is 10.0 Å². The zero-order valence-electron chi connectivity index (χ0n) is 18.2. The Kier molecular flexibility index (Phi) is 7.11. The van der Waals surface area contributed by atoms with Gasteiger partial charge in [0.05, 0.1) is 13.4 Å². The fourth-order valence-corrected chi connectivity index (χ4v) is 5.66. The zero-order chi connectivity index (χ0) is 23.5. The van der Waals surface area contributed by atoms with Gasteiger partial charge in [-0.05, 0) is 50.1 Å². The number of benzene rings is 2. The van der Waals surface area contributed by atoms with Crippen LogP contribution in [-0.2, 0) is 20.0 Å². The smallest absolute Gasteiger partial charge is 0.265 e. The van der Waals surface area contributed by atoms with Crippen molar-refractivity contribution in [3.63, 3.8) is 0 Å². The Bertz CT molecular complexity index is 1190. The number of nitrogens with zero attached hydrogens (tertiary/aromatic N) is 1. The van der Waals surface area contributed by atoms with Gasteiger partial charge < -0.3 is 10.1 Å². The van der Waals surface area contributed by atoms with Crippen LogP contribution in [0.5, 0.6) is 5.75 Å². The fourth-order valence-electron chi connectivity index (χ4n) is 3.49. The van der Waals surface area contributed by atoms with E-state index in [9.17, 15) is 21.6 Å². The highest BCUT2D eigenvalue weighted by Gasteiger charge is 2.28. The van der Waals surface area contributed by atoms with Crippen molar-refractivity contribution in [2.75, 3.05) is 31.2 Å². The third-order valence-corrected chi connectivity index (χ3v) is 7.88. The number of ether oxygens (including phenoxy) is 1. The molecule has 2 aromatic rings. The van der Waals surface area contributed by atoms with E-state index in [-0.39, 0.29) is 28.8 Å². The molecule has 1 heterocycles. The number of piperidine rings is 1. The highest BCUT2D eigenvalue weighted by molar-refractivity contribution is 7.92. The molecular formula is C21H27N3O6S2. The van der Waals surface area contributed by atoms with E-state index in [1.807, 2.05) is 6.92 Å². The van der Waals surface area contributed by atoms with Gasteiger partial charge in [0.2, 0.25) is 10.0 Å². The lowest BCUT2D eigenvalue weighted by Crippen LogP contribution is -2.49. The van der Waals surface area contributed by atoms with Crippen LogP contribution >= 0.6 is 0 Å². The van der Waals surface area contributed by atoms with Gasteiger partial charge in [-0.1, -0.05) is 17.7 Å². The second-order valence-electron chi connectivity index (χ2n) is 7.77. The molecule has 1 saturated heterocycles. The molecule has 1 atom stereocenters. The van der Waals surface area contributed by atoms with Crippen LogP contribution in [0.4, 0.5) is 5.69 Å². The first-order valence-electron chi connectivity index (χ1n) is 10.0. The van der Waals surface area contributed by atoms with Crippen LogP contribution in [0.15, 0.2) is 47.4 Å². The van der Waals surface area contributed by atoms with Gasteiger partial charge in [0.25, 0.3) is 15.9 Å². The van der Waals surface area contributed by atoms with Gasteiger partial charge in [-0.3, -0.25) is 9.52 Å². The van der Waals surface area contributed by atoms with E-state index >= 15 is 0 Å². The normalized spacial score (nSPS) is 17.5. The van der Waals surface area contributed by atoms with Crippen LogP contribution in [0.2, 0.25) is 0 Å². The molecule has 0 aromatic heterocycles. The summed E-state index contributed by atoms with van der Waals surface area (Å²) >= 11 is 0. The van der Waals surface area contributed by atoms with Crippen molar-refractivity contribution >= 4 is 31.6 Å². The molecule has 3 rings (SSSR count). The van der Waals surface area contributed by atoms with Crippen LogP contribution in [0.1, 0.15) is 28.8 Å². The molecule has 1 amide bonds. The predicted molar refractivity (Wildman–Crippen MR) is 122 cm³/mol. The topological polar surface area (TPSA) is 122 Å². The van der Waals surface area contributed by atoms with Crippen molar-refractivity contribution in [1.29, 1.82) is 0 Å². The van der Waals surface area contributed by atoms with Crippen LogP contribution in [0.25, 0.3) is 0 Å². The Morgan fingerprint density at radius 3 is 2.41 bits per heavy atom. The SMILES string of the molecule is COc1ccc(C(=O)NC2CCCN(S(C)(=O)=O)C2)cc1S(=O)(=O)Nc1ccc(C)cc1. The average Bonchev–Trinajstić information content (AvgIpc) is 2.74. The lowest BCUT2D eigenvalue weighted by molar-refractivity contribution is 0.0921. The van der Waals surface area contributed by atoms with E-state index in [0.717, 1.165) is 11.8 Å². The van der Waals surface area contributed by atoms with Gasteiger partial charge in [-0.25, -0.2) is 21.1 Å². The van der Waals surface area contributed by atoms with Gasteiger partial charge >= 0.3 is 0 Å². The highest BCUT2D eigenvalue weighted by atomic mass is 32.2. The van der Waals surface area contributed by atoms with Crippen molar-refractivity contribution < 1.29 is 26.4 Å². The maximum Gasteiger partial charge on any atom is 0.265 e. The Morgan fingerprint density at radius 1 is 1.09 bits per heavy atom. The van der Waals surface area contributed by atoms with Crippen LogP contribution in [0.3, 0.4) is 0 Å². The summed E-state index contributed by atoms with van der Waals surface area (Å²) in [6, 6.07) is 10.6. The number of anilines is 1. The first-order chi connectivity index (χ1) is 15.0. The van der Waals surface area contributed by atoms with E-state index in [4.69, 9.17) is 4.74 Å². The van der Waals surface area contributed by atoms with Crippen molar-refractivity contribution in [3.8, 4) is 5.75 Å². The molecule has 1 fully saturated rings. The molecule has 0 bridgehead atoms. The van der Waals surface area contributed by atoms with E-state index in [1.165, 1.54) is 29.6 Å². The Hall–Kier alpha value is -2.63. The minimum atomic E-state index is -4.03. The van der Waals surface area contributed by atoms with E-state index < -0.39 is 26.0 Å². The molecule has 0 saturated carbocycles. The third-order valence-electron chi connectivity index (χ3n) is 5.21. The third kappa shape index (κ3) is 5.78. The first-order valence-corrected chi connectivity index (χ1v) is 13.4. The summed E-state index contributed by atoms with van der Waals surface area (Å²) in [5.41, 5.74) is 1.50. The molecule has 2 aromatic carbocycles. The molecule has 32 heavy (non-hydrogen) atoms. The summed E-state index contributed by atoms with van der Waals surface area (Å²) in [5.74, 6) is -0.387. The van der Waals surface area contributed by atoms with E-state index in [0.29, 0.717) is 25.1 Å². The fraction of sp³-hybridized carbons (Fsp3) is 0.381. The number of carbonyl (C=O) groups excluding carboxylic acids is 1. The summed E-state index contributed by atoms with van der Waals surface area (Å²) in [6.45, 7) is 2.49. The lowest BCUT2D eigenvalue weighted by atomic mass is 10.1. The number of carbonyl (C=O) groups is 1. The molecule has 1 aliphatic heterocycles. The van der Waals surface area contributed by atoms with Gasteiger partial charge in [0.1, 0.15) is 10.6 Å². The summed E-state index contributed by atoms with van der Waals surface area (Å²) < 4.78 is 58.6. The van der Waals surface area contributed by atoms with Crippen molar-refractivity contribution in [3.05, 3.63) is 53.6 Å². The first kappa shape index (κ1) is 24.0. The second kappa shape index (κ2) is 9.47. The van der Waals surface area contributed by atoms with E-state index in [1.54, 1.807) is 24.3 Å². The molecule has 0 aliphatic carbocycles. The second-order valence-corrected chi connectivity index (χ2v) is 11.4. The summed E-state index contributed by atoms with van der Waals surface area (Å²) in [5, 5.41) is 2.81. The molecule has 0 radical (unpaired) electrons. The number of rotatable bonds is 7. The maximum absolute atomic E-state index is 13.0. The van der Waals surface area contributed by atoms with Crippen molar-refractivity contribution in [1.82, 2.24) is 9.62 Å². The number of methoxy groups -OCH3 is 1. The monoisotopic (exact) mass is 481 g/mol. The van der Waals surface area contributed by atoms with Crippen LogP contribution in [0, 0.1) is 6.92 Å². The van der Waals surface area contributed by atoms with Gasteiger partial charge in [-0.2, -0.15) is 0 Å². The van der Waals surface area contributed by atoms with Crippen molar-refractivity contribution in [2.45, 2.75) is 30.7 Å². The lowest BCUT2D eigenvalue weighted by Gasteiger charge is -2.31. The molecule has 1 unspecified atom stereocenters. The largest absolute Gasteiger partial charge is 0.495 e. The Labute approximate surface area is 188 Å². The number of sulfonamides is 2. The minimum absolute atomic E-state index is 0.0991. The minimum Gasteiger partial charge on any atom is -0.495 e. The number of amides is 1. The molecular weight excluding hydrogens is 454 g/mol. The number of hydrogen-bond acceptors (Lipinski definition) is 6. The molecule has 0 spiro atoms. The molecule has 2 N–H and O–H groups in total. The molecule has 1 aliphatic rings. The summed E-state index contributed by atoms with van der Waals surface area (Å²) in [7, 11) is -6.03. The predicted octanol–water partition coefficient (Wildman–Crippen LogP) is 1.96.